The smallest absolute Gasteiger partial charge is 0.227 e. The zero-order chi connectivity index (χ0) is 17.2. The molecule has 0 spiro atoms. The summed E-state index contributed by atoms with van der Waals surface area (Å²) in [5, 5.41) is 10.7. The van der Waals surface area contributed by atoms with Crippen molar-refractivity contribution in [3.63, 3.8) is 0 Å². The van der Waals surface area contributed by atoms with Gasteiger partial charge in [-0.25, -0.2) is 8.78 Å². The van der Waals surface area contributed by atoms with Crippen LogP contribution in [-0.4, -0.2) is 72.4 Å². The van der Waals surface area contributed by atoms with Crippen LogP contribution in [0.4, 0.5) is 8.78 Å². The minimum atomic E-state index is -0.953. The van der Waals surface area contributed by atoms with Crippen molar-refractivity contribution in [1.29, 1.82) is 0 Å². The second-order valence-corrected chi connectivity index (χ2v) is 6.60. The average Bonchev–Trinajstić information content (AvgIpc) is 2.94. The van der Waals surface area contributed by atoms with E-state index in [-0.39, 0.29) is 18.9 Å². The van der Waals surface area contributed by atoms with Crippen LogP contribution in [0.3, 0.4) is 0 Å². The van der Waals surface area contributed by atoms with Gasteiger partial charge in [-0.15, -0.1) is 0 Å². The monoisotopic (exact) mass is 340 g/mol. The lowest BCUT2D eigenvalue weighted by Crippen LogP contribution is -2.49. The first-order valence-corrected chi connectivity index (χ1v) is 8.19. The highest BCUT2D eigenvalue weighted by molar-refractivity contribution is 5.79. The Kier molecular flexibility index (Phi) is 5.12. The number of hydrogen-bond acceptors (Lipinski definition) is 4. The molecule has 2 fully saturated rings. The van der Waals surface area contributed by atoms with Crippen LogP contribution in [0, 0.1) is 11.6 Å². The summed E-state index contributed by atoms with van der Waals surface area (Å²) in [5.41, 5.74) is -0.483. The Morgan fingerprint density at radius 1 is 1.21 bits per heavy atom. The molecular weight excluding hydrogens is 318 g/mol. The van der Waals surface area contributed by atoms with Gasteiger partial charge in [0.2, 0.25) is 5.91 Å². The van der Waals surface area contributed by atoms with Gasteiger partial charge in [0, 0.05) is 26.2 Å². The number of ether oxygens (including phenoxy) is 1. The molecule has 24 heavy (non-hydrogen) atoms. The van der Waals surface area contributed by atoms with Crippen molar-refractivity contribution >= 4 is 5.91 Å². The van der Waals surface area contributed by atoms with Crippen LogP contribution in [0.25, 0.3) is 0 Å². The fraction of sp³-hybridized carbons (Fsp3) is 0.588. The summed E-state index contributed by atoms with van der Waals surface area (Å²) in [7, 11) is 0. The lowest BCUT2D eigenvalue weighted by Gasteiger charge is -2.33. The van der Waals surface area contributed by atoms with Crippen molar-refractivity contribution in [1.82, 2.24) is 9.80 Å². The second kappa shape index (κ2) is 7.13. The van der Waals surface area contributed by atoms with Gasteiger partial charge in [-0.2, -0.15) is 0 Å². The number of likely N-dealkylation sites (tertiary alicyclic amines) is 1. The van der Waals surface area contributed by atoms with Crippen LogP contribution >= 0.6 is 0 Å². The van der Waals surface area contributed by atoms with E-state index in [0.29, 0.717) is 38.3 Å². The maximum atomic E-state index is 13.2. The van der Waals surface area contributed by atoms with E-state index in [0.717, 1.165) is 25.2 Å². The van der Waals surface area contributed by atoms with Crippen LogP contribution in [0.15, 0.2) is 18.2 Å². The van der Waals surface area contributed by atoms with Crippen molar-refractivity contribution in [3.05, 3.63) is 35.4 Å². The molecule has 2 heterocycles. The summed E-state index contributed by atoms with van der Waals surface area (Å²) in [4.78, 5) is 16.1. The van der Waals surface area contributed by atoms with Crippen LogP contribution in [0.2, 0.25) is 0 Å². The molecule has 2 saturated heterocycles. The van der Waals surface area contributed by atoms with Crippen molar-refractivity contribution in [3.8, 4) is 0 Å². The Labute approximate surface area is 139 Å². The Bertz CT molecular complexity index is 607. The van der Waals surface area contributed by atoms with Crippen molar-refractivity contribution in [2.45, 2.75) is 18.4 Å². The van der Waals surface area contributed by atoms with Gasteiger partial charge >= 0.3 is 0 Å². The van der Waals surface area contributed by atoms with Gasteiger partial charge in [-0.05, 0) is 24.1 Å². The summed E-state index contributed by atoms with van der Waals surface area (Å²) in [6.45, 7) is 4.15. The molecule has 0 aromatic heterocycles. The number of β-amino-alcohol motifs (C(OH)–C–C–N with tert-alkyl or cyclic N) is 1. The molecule has 1 aromatic rings. The van der Waals surface area contributed by atoms with Crippen LogP contribution in [-0.2, 0) is 16.0 Å². The first-order chi connectivity index (χ1) is 11.5. The van der Waals surface area contributed by atoms with Gasteiger partial charge < -0.3 is 14.7 Å². The molecule has 2 aliphatic heterocycles. The van der Waals surface area contributed by atoms with Gasteiger partial charge in [-0.1, -0.05) is 6.07 Å². The van der Waals surface area contributed by atoms with E-state index >= 15 is 0 Å². The second-order valence-electron chi connectivity index (χ2n) is 6.60. The van der Waals surface area contributed by atoms with Gasteiger partial charge in [0.25, 0.3) is 0 Å². The topological polar surface area (TPSA) is 53.0 Å². The molecule has 1 atom stereocenters. The quantitative estimate of drug-likeness (QED) is 0.881. The number of hydrogen-bond donors (Lipinski definition) is 1. The number of carbonyl (C=O) groups excluding carboxylic acids is 1. The molecule has 0 unspecified atom stereocenters. The summed E-state index contributed by atoms with van der Waals surface area (Å²) < 4.78 is 31.5. The fourth-order valence-electron chi connectivity index (χ4n) is 3.31. The summed E-state index contributed by atoms with van der Waals surface area (Å²) in [6.07, 6.45) is 0.526. The SMILES string of the molecule is O=C(Cc1ccc(F)c(F)c1)N1CC[C@@](O)(CN2CCOCC2)C1. The average molecular weight is 340 g/mol. The Morgan fingerprint density at radius 2 is 1.96 bits per heavy atom. The zero-order valence-electron chi connectivity index (χ0n) is 13.5. The predicted octanol–water partition coefficient (Wildman–Crippen LogP) is 0.803. The van der Waals surface area contributed by atoms with E-state index in [9.17, 15) is 18.7 Å². The van der Waals surface area contributed by atoms with E-state index in [2.05, 4.69) is 4.90 Å². The van der Waals surface area contributed by atoms with E-state index < -0.39 is 17.2 Å². The first-order valence-electron chi connectivity index (χ1n) is 8.19. The molecule has 132 valence electrons. The molecule has 1 N–H and O–H groups in total. The predicted molar refractivity (Wildman–Crippen MR) is 83.5 cm³/mol. The highest BCUT2D eigenvalue weighted by Gasteiger charge is 2.39. The molecule has 1 aromatic carbocycles. The standard InChI is InChI=1S/C17H22F2N2O3/c18-14-2-1-13(9-15(14)19)10-16(22)21-4-3-17(23,12-21)11-20-5-7-24-8-6-20/h1-2,9,23H,3-8,10-12H2/t17-/m1/s1. The lowest BCUT2D eigenvalue weighted by atomic mass is 10.0. The number of carbonyl (C=O) groups is 1. The zero-order valence-corrected chi connectivity index (χ0v) is 13.5. The van der Waals surface area contributed by atoms with E-state index in [4.69, 9.17) is 4.74 Å². The number of nitrogens with zero attached hydrogens (tertiary/aromatic N) is 2. The van der Waals surface area contributed by atoms with Crippen LogP contribution in [0.1, 0.15) is 12.0 Å². The van der Waals surface area contributed by atoms with Crippen molar-refractivity contribution in [2.75, 3.05) is 45.9 Å². The molecule has 5 nitrogen and oxygen atoms in total. The number of benzene rings is 1. The summed E-state index contributed by atoms with van der Waals surface area (Å²) in [6, 6.07) is 3.48. The number of amides is 1. The Hall–Kier alpha value is -1.57. The van der Waals surface area contributed by atoms with Crippen LogP contribution < -0.4 is 0 Å². The van der Waals surface area contributed by atoms with Gasteiger partial charge in [0.1, 0.15) is 0 Å². The molecule has 2 aliphatic rings. The van der Waals surface area contributed by atoms with E-state index in [1.807, 2.05) is 0 Å². The minimum Gasteiger partial charge on any atom is -0.387 e. The lowest BCUT2D eigenvalue weighted by molar-refractivity contribution is -0.130. The third-order valence-corrected chi connectivity index (χ3v) is 4.65. The minimum absolute atomic E-state index is 0.00480. The molecule has 1 amide bonds. The summed E-state index contributed by atoms with van der Waals surface area (Å²) in [5.74, 6) is -2.06. The Morgan fingerprint density at radius 3 is 2.67 bits per heavy atom. The molecule has 0 saturated carbocycles. The van der Waals surface area contributed by atoms with E-state index in [1.165, 1.54) is 6.07 Å². The van der Waals surface area contributed by atoms with E-state index in [1.54, 1.807) is 4.90 Å². The number of halogens is 2. The normalized spacial score (nSPS) is 25.2. The van der Waals surface area contributed by atoms with Crippen molar-refractivity contribution < 1.29 is 23.4 Å². The molecule has 0 radical (unpaired) electrons. The van der Waals surface area contributed by atoms with Gasteiger partial charge in [0.05, 0.1) is 31.8 Å². The Balaban J connectivity index is 1.55. The highest BCUT2D eigenvalue weighted by Crippen LogP contribution is 2.24. The first kappa shape index (κ1) is 17.3. The maximum absolute atomic E-state index is 13.2. The maximum Gasteiger partial charge on any atom is 0.227 e. The number of aliphatic hydroxyl groups is 1. The summed E-state index contributed by atoms with van der Waals surface area (Å²) >= 11 is 0. The largest absolute Gasteiger partial charge is 0.387 e. The molecule has 3 rings (SSSR count). The highest BCUT2D eigenvalue weighted by atomic mass is 19.2. The fourth-order valence-corrected chi connectivity index (χ4v) is 3.31. The number of rotatable bonds is 4. The third-order valence-electron chi connectivity index (χ3n) is 4.65. The molecule has 0 aliphatic carbocycles. The molecule has 7 heteroatoms. The number of morpholine rings is 1. The molecule has 0 bridgehead atoms. The van der Waals surface area contributed by atoms with Gasteiger partial charge in [0.15, 0.2) is 11.6 Å². The van der Waals surface area contributed by atoms with Crippen molar-refractivity contribution in [2.24, 2.45) is 0 Å². The van der Waals surface area contributed by atoms with Gasteiger partial charge in [-0.3, -0.25) is 9.69 Å². The van der Waals surface area contributed by atoms with Crippen LogP contribution in [0.5, 0.6) is 0 Å². The third kappa shape index (κ3) is 4.09. The molecular formula is C17H22F2N2O3.